The number of carboxylic acid groups (broad SMARTS) is 1. The molecule has 94 valence electrons. The molecular formula is C11H7ClFNO4. The predicted octanol–water partition coefficient (Wildman–Crippen LogP) is 2.84. The minimum atomic E-state index is -1.25. The van der Waals surface area contributed by atoms with Crippen LogP contribution in [0.5, 0.6) is 5.75 Å². The van der Waals surface area contributed by atoms with E-state index in [2.05, 4.69) is 9.68 Å². The fourth-order valence-electron chi connectivity index (χ4n) is 1.37. The first-order valence-corrected chi connectivity index (χ1v) is 5.14. The molecule has 7 heteroatoms. The summed E-state index contributed by atoms with van der Waals surface area (Å²) in [6, 6.07) is 3.74. The Morgan fingerprint density at radius 3 is 2.78 bits per heavy atom. The standard InChI is InChI=1S/C11H7ClFNO4/c1-17-8-3-5(2-6(13)10(8)12)7-4-9(11(15)16)18-14-7/h2-4H,1H3,(H,15,16). The summed E-state index contributed by atoms with van der Waals surface area (Å²) < 4.78 is 23.0. The molecule has 1 heterocycles. The van der Waals surface area contributed by atoms with Crippen molar-refractivity contribution < 1.29 is 23.6 Å². The molecule has 0 bridgehead atoms. The molecule has 0 amide bonds. The Morgan fingerprint density at radius 1 is 1.50 bits per heavy atom. The van der Waals surface area contributed by atoms with Gasteiger partial charge in [-0.2, -0.15) is 0 Å². The van der Waals surface area contributed by atoms with E-state index in [1.165, 1.54) is 19.2 Å². The van der Waals surface area contributed by atoms with Crippen LogP contribution < -0.4 is 4.74 Å². The number of carboxylic acids is 1. The van der Waals surface area contributed by atoms with Crippen LogP contribution >= 0.6 is 11.6 Å². The lowest BCUT2D eigenvalue weighted by Crippen LogP contribution is -1.92. The maximum atomic E-state index is 13.5. The molecule has 0 fully saturated rings. The largest absolute Gasteiger partial charge is 0.495 e. The quantitative estimate of drug-likeness (QED) is 0.929. The second-order valence-electron chi connectivity index (χ2n) is 3.36. The Labute approximate surface area is 106 Å². The van der Waals surface area contributed by atoms with Crippen molar-refractivity contribution in [3.63, 3.8) is 0 Å². The van der Waals surface area contributed by atoms with Crippen LogP contribution in [0.4, 0.5) is 4.39 Å². The van der Waals surface area contributed by atoms with Crippen molar-refractivity contribution in [1.29, 1.82) is 0 Å². The van der Waals surface area contributed by atoms with Gasteiger partial charge in [-0.3, -0.25) is 0 Å². The van der Waals surface area contributed by atoms with Crippen LogP contribution in [0.25, 0.3) is 11.3 Å². The van der Waals surface area contributed by atoms with Crippen molar-refractivity contribution in [1.82, 2.24) is 5.16 Å². The van der Waals surface area contributed by atoms with E-state index in [0.29, 0.717) is 5.56 Å². The molecule has 2 aromatic rings. The van der Waals surface area contributed by atoms with Gasteiger partial charge < -0.3 is 14.4 Å². The molecule has 0 atom stereocenters. The van der Waals surface area contributed by atoms with Gasteiger partial charge in [-0.05, 0) is 12.1 Å². The highest BCUT2D eigenvalue weighted by Gasteiger charge is 2.16. The van der Waals surface area contributed by atoms with Gasteiger partial charge in [0.05, 0.1) is 7.11 Å². The Hall–Kier alpha value is -2.08. The van der Waals surface area contributed by atoms with E-state index in [4.69, 9.17) is 21.4 Å². The van der Waals surface area contributed by atoms with Gasteiger partial charge in [0.1, 0.15) is 22.3 Å². The van der Waals surface area contributed by atoms with Gasteiger partial charge in [0.25, 0.3) is 0 Å². The lowest BCUT2D eigenvalue weighted by atomic mass is 10.1. The van der Waals surface area contributed by atoms with Crippen LogP contribution in [0.3, 0.4) is 0 Å². The molecular weight excluding hydrogens is 265 g/mol. The van der Waals surface area contributed by atoms with E-state index in [0.717, 1.165) is 6.07 Å². The van der Waals surface area contributed by atoms with Crippen molar-refractivity contribution in [3.8, 4) is 17.0 Å². The zero-order chi connectivity index (χ0) is 13.3. The maximum Gasteiger partial charge on any atom is 0.374 e. The fraction of sp³-hybridized carbons (Fsp3) is 0.0909. The SMILES string of the molecule is COc1cc(-c2cc(C(=O)O)on2)cc(F)c1Cl. The van der Waals surface area contributed by atoms with E-state index in [9.17, 15) is 9.18 Å². The summed E-state index contributed by atoms with van der Waals surface area (Å²) in [6.45, 7) is 0. The van der Waals surface area contributed by atoms with Gasteiger partial charge in [0.15, 0.2) is 0 Å². The third-order valence-electron chi connectivity index (χ3n) is 2.23. The van der Waals surface area contributed by atoms with Crippen molar-refractivity contribution in [2.45, 2.75) is 0 Å². The van der Waals surface area contributed by atoms with Crippen LogP contribution in [0.2, 0.25) is 5.02 Å². The van der Waals surface area contributed by atoms with Crippen molar-refractivity contribution >= 4 is 17.6 Å². The molecule has 5 nitrogen and oxygen atoms in total. The van der Waals surface area contributed by atoms with Crippen molar-refractivity contribution in [2.24, 2.45) is 0 Å². The third kappa shape index (κ3) is 2.14. The number of halogens is 2. The van der Waals surface area contributed by atoms with E-state index in [1.54, 1.807) is 0 Å². The average Bonchev–Trinajstić information content (AvgIpc) is 2.82. The molecule has 0 aliphatic rings. The second kappa shape index (κ2) is 4.66. The monoisotopic (exact) mass is 271 g/mol. The number of hydrogen-bond donors (Lipinski definition) is 1. The highest BCUT2D eigenvalue weighted by molar-refractivity contribution is 6.32. The van der Waals surface area contributed by atoms with E-state index >= 15 is 0 Å². The zero-order valence-corrected chi connectivity index (χ0v) is 9.86. The third-order valence-corrected chi connectivity index (χ3v) is 2.60. The zero-order valence-electron chi connectivity index (χ0n) is 9.11. The van der Waals surface area contributed by atoms with E-state index < -0.39 is 11.8 Å². The highest BCUT2D eigenvalue weighted by Crippen LogP contribution is 2.32. The summed E-state index contributed by atoms with van der Waals surface area (Å²) in [5, 5.41) is 12.1. The average molecular weight is 272 g/mol. The summed E-state index contributed by atoms with van der Waals surface area (Å²) >= 11 is 5.67. The number of methoxy groups -OCH3 is 1. The molecule has 18 heavy (non-hydrogen) atoms. The fourth-order valence-corrected chi connectivity index (χ4v) is 1.56. The van der Waals surface area contributed by atoms with Crippen LogP contribution in [0.15, 0.2) is 22.7 Å². The van der Waals surface area contributed by atoms with Gasteiger partial charge >= 0.3 is 5.97 Å². The smallest absolute Gasteiger partial charge is 0.374 e. The van der Waals surface area contributed by atoms with Gasteiger partial charge in [-0.25, -0.2) is 9.18 Å². The number of hydrogen-bond acceptors (Lipinski definition) is 4. The van der Waals surface area contributed by atoms with Crippen LogP contribution in [-0.2, 0) is 0 Å². The molecule has 0 radical (unpaired) electrons. The Balaban J connectivity index is 2.50. The van der Waals surface area contributed by atoms with Crippen molar-refractivity contribution in [3.05, 3.63) is 34.8 Å². The van der Waals surface area contributed by atoms with Gasteiger partial charge in [0, 0.05) is 11.6 Å². The summed E-state index contributed by atoms with van der Waals surface area (Å²) in [7, 11) is 1.34. The number of nitrogens with zero attached hydrogens (tertiary/aromatic N) is 1. The molecule has 1 aromatic carbocycles. The molecule has 1 aromatic heterocycles. The Morgan fingerprint density at radius 2 is 2.22 bits per heavy atom. The molecule has 2 rings (SSSR count). The number of ether oxygens (including phenoxy) is 1. The normalized spacial score (nSPS) is 10.4. The summed E-state index contributed by atoms with van der Waals surface area (Å²) in [4.78, 5) is 10.6. The highest BCUT2D eigenvalue weighted by atomic mass is 35.5. The predicted molar refractivity (Wildman–Crippen MR) is 60.4 cm³/mol. The summed E-state index contributed by atoms with van der Waals surface area (Å²) in [5.41, 5.74) is 0.492. The van der Waals surface area contributed by atoms with Gasteiger partial charge in [0.2, 0.25) is 5.76 Å². The van der Waals surface area contributed by atoms with Crippen LogP contribution in [0.1, 0.15) is 10.6 Å². The number of benzene rings is 1. The number of carbonyl (C=O) groups is 1. The molecule has 0 unspecified atom stereocenters. The lowest BCUT2D eigenvalue weighted by molar-refractivity contribution is 0.0652. The van der Waals surface area contributed by atoms with Gasteiger partial charge in [-0.15, -0.1) is 0 Å². The number of rotatable bonds is 3. The second-order valence-corrected chi connectivity index (χ2v) is 3.73. The van der Waals surface area contributed by atoms with E-state index in [-0.39, 0.29) is 22.2 Å². The number of aromatic carboxylic acids is 1. The van der Waals surface area contributed by atoms with E-state index in [1.807, 2.05) is 0 Å². The topological polar surface area (TPSA) is 72.6 Å². The first kappa shape index (κ1) is 12.4. The molecule has 0 saturated carbocycles. The lowest BCUT2D eigenvalue weighted by Gasteiger charge is -2.05. The Kier molecular flexibility index (Phi) is 3.20. The summed E-state index contributed by atoms with van der Waals surface area (Å²) in [5.74, 6) is -2.15. The Bertz CT molecular complexity index is 611. The minimum absolute atomic E-state index is 0.131. The molecule has 0 spiro atoms. The molecule has 0 aliphatic carbocycles. The molecule has 0 saturated heterocycles. The summed E-state index contributed by atoms with van der Waals surface area (Å²) in [6.07, 6.45) is 0. The van der Waals surface area contributed by atoms with Crippen LogP contribution in [-0.4, -0.2) is 23.3 Å². The number of aromatic nitrogens is 1. The first-order valence-electron chi connectivity index (χ1n) is 4.76. The maximum absolute atomic E-state index is 13.5. The van der Waals surface area contributed by atoms with Gasteiger partial charge in [-0.1, -0.05) is 16.8 Å². The van der Waals surface area contributed by atoms with Crippen molar-refractivity contribution in [2.75, 3.05) is 7.11 Å². The first-order chi connectivity index (χ1) is 8.52. The molecule has 1 N–H and O–H groups in total. The molecule has 0 aliphatic heterocycles. The minimum Gasteiger partial charge on any atom is -0.495 e. The van der Waals surface area contributed by atoms with Crippen LogP contribution in [0, 0.1) is 5.82 Å².